The zero-order chi connectivity index (χ0) is 25.4. The fraction of sp³-hybridized carbons (Fsp3) is 0.273. The topological polar surface area (TPSA) is 156 Å². The van der Waals surface area contributed by atoms with E-state index in [1.165, 1.54) is 16.7 Å². The number of thioether (sulfide) groups is 1. The van der Waals surface area contributed by atoms with Crippen molar-refractivity contribution < 1.29 is 28.9 Å². The van der Waals surface area contributed by atoms with E-state index in [-0.39, 0.29) is 28.8 Å². The Morgan fingerprint density at radius 1 is 1.42 bits per heavy atom. The van der Waals surface area contributed by atoms with E-state index in [1.807, 2.05) is 45.9 Å². The Morgan fingerprint density at radius 3 is 2.94 bits per heavy atom. The number of carbonyl (C=O) groups excluding carboxylic acids is 2. The van der Waals surface area contributed by atoms with Crippen molar-refractivity contribution in [3.63, 3.8) is 0 Å². The average Bonchev–Trinajstić information content (AvgIpc) is 3.47. The van der Waals surface area contributed by atoms with E-state index in [2.05, 4.69) is 15.5 Å². The highest BCUT2D eigenvalue weighted by Crippen LogP contribution is 2.40. The second kappa shape index (κ2) is 9.62. The number of imidazole rings is 1. The Morgan fingerprint density at radius 2 is 2.25 bits per heavy atom. The van der Waals surface area contributed by atoms with Crippen molar-refractivity contribution in [3.05, 3.63) is 59.3 Å². The number of pyridine rings is 1. The molecule has 2 aliphatic heterocycles. The number of nitrogen functional groups attached to an aromatic ring is 1. The summed E-state index contributed by atoms with van der Waals surface area (Å²) in [7, 11) is 0. The molecule has 5 heterocycles. The number of oxime groups is 1. The Hall–Kier alpha value is -3.91. The summed E-state index contributed by atoms with van der Waals surface area (Å²) in [6, 6.07) is 4.86. The van der Waals surface area contributed by atoms with Gasteiger partial charge in [-0.3, -0.25) is 14.5 Å². The lowest BCUT2D eigenvalue weighted by molar-refractivity contribution is -0.687. The minimum atomic E-state index is -1.19. The number of nitrogens with two attached hydrogens (primary N) is 1. The molecule has 36 heavy (non-hydrogen) atoms. The largest absolute Gasteiger partial charge is 0.477 e. The first-order valence-corrected chi connectivity index (χ1v) is 12.9. The van der Waals surface area contributed by atoms with Gasteiger partial charge in [-0.1, -0.05) is 11.2 Å². The minimum Gasteiger partial charge on any atom is -0.477 e. The Kier molecular flexibility index (Phi) is 6.36. The number of carbonyl (C=O) groups is 3. The number of rotatable bonds is 8. The Balaban J connectivity index is 1.35. The summed E-state index contributed by atoms with van der Waals surface area (Å²) in [6.07, 6.45) is 5.68. The van der Waals surface area contributed by atoms with Gasteiger partial charge in [-0.2, -0.15) is 0 Å². The molecule has 0 spiro atoms. The summed E-state index contributed by atoms with van der Waals surface area (Å²) in [5.41, 5.74) is 7.33. The van der Waals surface area contributed by atoms with Gasteiger partial charge in [0.2, 0.25) is 6.33 Å². The van der Waals surface area contributed by atoms with Crippen LogP contribution in [0.1, 0.15) is 12.6 Å². The molecule has 14 heteroatoms. The molecule has 2 aliphatic rings. The fourth-order valence-corrected chi connectivity index (χ4v) is 5.98. The number of hydrogen-bond donors (Lipinski definition) is 3. The molecule has 0 aromatic carbocycles. The van der Waals surface area contributed by atoms with Gasteiger partial charge >= 0.3 is 5.97 Å². The van der Waals surface area contributed by atoms with Gasteiger partial charge in [0.25, 0.3) is 11.8 Å². The first-order valence-electron chi connectivity index (χ1n) is 10.9. The first kappa shape index (κ1) is 23.8. The van der Waals surface area contributed by atoms with E-state index in [4.69, 9.17) is 10.6 Å². The SMILES string of the molecule is CCON=C(C(=O)N[C@@H]1C(=O)N2C(C(=O)O)=C(C[n+]3cc4ccccn4c3)CS[C@@H]12)c1csc(N)n1. The summed E-state index contributed by atoms with van der Waals surface area (Å²) in [4.78, 5) is 48.6. The van der Waals surface area contributed by atoms with Crippen LogP contribution in [0.25, 0.3) is 5.52 Å². The molecule has 0 saturated carbocycles. The lowest BCUT2D eigenvalue weighted by Gasteiger charge is -2.49. The molecule has 3 aromatic rings. The van der Waals surface area contributed by atoms with E-state index in [0.29, 0.717) is 17.9 Å². The molecule has 0 unspecified atom stereocenters. The smallest absolute Gasteiger partial charge is 0.352 e. The van der Waals surface area contributed by atoms with Crippen molar-refractivity contribution >= 4 is 57.2 Å². The van der Waals surface area contributed by atoms with Crippen molar-refractivity contribution in [1.29, 1.82) is 0 Å². The summed E-state index contributed by atoms with van der Waals surface area (Å²) in [5.74, 6) is -1.95. The third-order valence-corrected chi connectivity index (χ3v) is 7.68. The Bertz CT molecular complexity index is 1400. The molecule has 5 rings (SSSR count). The highest BCUT2D eigenvalue weighted by Gasteiger charge is 2.54. The number of fused-ring (bicyclic) bond motifs is 2. The second-order valence-electron chi connectivity index (χ2n) is 8.00. The summed E-state index contributed by atoms with van der Waals surface area (Å²) >= 11 is 2.54. The number of aliphatic carboxylic acids is 1. The van der Waals surface area contributed by atoms with Crippen molar-refractivity contribution in [2.24, 2.45) is 5.16 Å². The maximum absolute atomic E-state index is 13.0. The van der Waals surface area contributed by atoms with Gasteiger partial charge in [-0.05, 0) is 19.1 Å². The standard InChI is InChI=1S/C22H21N7O5S2/c1-2-34-26-15(14-10-36-22(23)24-14)18(30)25-16-19(31)29-17(21(32)33)12(9-35-20(16)29)7-27-8-13-5-3-4-6-28(13)11-27/h3-6,8,10-11,16,20H,2,7,9H2,1H3,(H3-,23,24,25,30,32,33)/p+1/t16-,20+/m1/s1. The monoisotopic (exact) mass is 528 g/mol. The van der Waals surface area contributed by atoms with Crippen LogP contribution in [0.2, 0.25) is 0 Å². The average molecular weight is 529 g/mol. The highest BCUT2D eigenvalue weighted by molar-refractivity contribution is 8.00. The van der Waals surface area contributed by atoms with Crippen LogP contribution in [0.4, 0.5) is 5.13 Å². The number of thiazole rings is 1. The quantitative estimate of drug-likeness (QED) is 0.165. The zero-order valence-electron chi connectivity index (χ0n) is 19.0. The van der Waals surface area contributed by atoms with Gasteiger partial charge in [0.15, 0.2) is 16.4 Å². The Labute approximate surface area is 213 Å². The van der Waals surface area contributed by atoms with Crippen LogP contribution < -0.4 is 15.6 Å². The third kappa shape index (κ3) is 4.28. The van der Waals surface area contributed by atoms with Gasteiger partial charge in [0, 0.05) is 16.7 Å². The molecule has 2 amide bonds. The number of hydrogen-bond acceptors (Lipinski definition) is 9. The van der Waals surface area contributed by atoms with Crippen LogP contribution >= 0.6 is 23.1 Å². The van der Waals surface area contributed by atoms with Gasteiger partial charge in [0.05, 0.1) is 6.20 Å². The van der Waals surface area contributed by atoms with E-state index in [0.717, 1.165) is 16.9 Å². The fourth-order valence-electron chi connectivity index (χ4n) is 4.10. The maximum atomic E-state index is 13.0. The number of β-lactam (4-membered cyclic amide) rings is 1. The molecule has 0 aliphatic carbocycles. The molecule has 1 fully saturated rings. The molecule has 3 aromatic heterocycles. The lowest BCUT2D eigenvalue weighted by atomic mass is 10.0. The van der Waals surface area contributed by atoms with E-state index in [9.17, 15) is 19.5 Å². The van der Waals surface area contributed by atoms with Crippen LogP contribution in [-0.2, 0) is 25.8 Å². The minimum absolute atomic E-state index is 0.0486. The first-order chi connectivity index (χ1) is 17.4. The third-order valence-electron chi connectivity index (χ3n) is 5.67. The molecule has 2 atom stereocenters. The number of nitrogens with one attached hydrogen (secondary N) is 1. The molecule has 186 valence electrons. The highest BCUT2D eigenvalue weighted by atomic mass is 32.2. The predicted molar refractivity (Wildman–Crippen MR) is 132 cm³/mol. The van der Waals surface area contributed by atoms with E-state index >= 15 is 0 Å². The van der Waals surface area contributed by atoms with Crippen LogP contribution in [0.5, 0.6) is 0 Å². The number of carboxylic acids is 1. The van der Waals surface area contributed by atoms with Crippen molar-refractivity contribution in [2.45, 2.75) is 24.9 Å². The molecule has 4 N–H and O–H groups in total. The molecule has 0 radical (unpaired) electrons. The number of nitrogens with zero attached hydrogens (tertiary/aromatic N) is 5. The van der Waals surface area contributed by atoms with Crippen LogP contribution in [-0.4, -0.2) is 66.7 Å². The zero-order valence-corrected chi connectivity index (χ0v) is 20.7. The van der Waals surface area contributed by atoms with E-state index < -0.39 is 29.2 Å². The number of carboxylic acid groups (broad SMARTS) is 1. The van der Waals surface area contributed by atoms with Crippen LogP contribution in [0.3, 0.4) is 0 Å². The second-order valence-corrected chi connectivity index (χ2v) is 9.99. The van der Waals surface area contributed by atoms with Crippen molar-refractivity contribution in [2.75, 3.05) is 18.1 Å². The predicted octanol–water partition coefficient (Wildman–Crippen LogP) is 0.445. The number of anilines is 1. The van der Waals surface area contributed by atoms with Crippen molar-refractivity contribution in [1.82, 2.24) is 19.6 Å². The normalized spacial score (nSPS) is 19.8. The lowest BCUT2D eigenvalue weighted by Crippen LogP contribution is -2.71. The van der Waals surface area contributed by atoms with Crippen LogP contribution in [0.15, 0.2) is 58.7 Å². The summed E-state index contributed by atoms with van der Waals surface area (Å²) < 4.78 is 3.81. The summed E-state index contributed by atoms with van der Waals surface area (Å²) in [6.45, 7) is 2.27. The molecule has 1 saturated heterocycles. The molecule has 12 nitrogen and oxygen atoms in total. The van der Waals surface area contributed by atoms with Gasteiger partial charge in [-0.15, -0.1) is 23.1 Å². The van der Waals surface area contributed by atoms with Crippen LogP contribution in [0, 0.1) is 0 Å². The molecular formula is C22H22N7O5S2+. The number of aromatic nitrogens is 3. The molecular weight excluding hydrogens is 506 g/mol. The molecule has 0 bridgehead atoms. The van der Waals surface area contributed by atoms with Gasteiger partial charge in [0.1, 0.15) is 42.2 Å². The van der Waals surface area contributed by atoms with Crippen molar-refractivity contribution in [3.8, 4) is 0 Å². The van der Waals surface area contributed by atoms with Gasteiger partial charge < -0.3 is 21.0 Å². The summed E-state index contributed by atoms with van der Waals surface area (Å²) in [5, 5.41) is 17.7. The number of amides is 2. The maximum Gasteiger partial charge on any atom is 0.352 e. The van der Waals surface area contributed by atoms with E-state index in [1.54, 1.807) is 12.3 Å². The van der Waals surface area contributed by atoms with Gasteiger partial charge in [-0.25, -0.2) is 18.7 Å².